The molecule has 2 saturated heterocycles. The van der Waals surface area contributed by atoms with E-state index in [2.05, 4.69) is 48.3 Å². The van der Waals surface area contributed by atoms with Crippen molar-refractivity contribution < 1.29 is 23.3 Å². The zero-order valence-electron chi connectivity index (χ0n) is 26.0. The zero-order chi connectivity index (χ0) is 30.0. The number of unbranched alkanes of at least 4 members (excludes halogenated alkanes) is 3. The van der Waals surface area contributed by atoms with Gasteiger partial charge in [0.2, 0.25) is 5.91 Å². The number of hydrogen-bond donors (Lipinski definition) is 2. The first-order chi connectivity index (χ1) is 20.2. The van der Waals surface area contributed by atoms with E-state index in [4.69, 9.17) is 9.31 Å². The van der Waals surface area contributed by atoms with E-state index in [0.717, 1.165) is 48.4 Å². The highest BCUT2D eigenvalue weighted by molar-refractivity contribution is 6.63. The summed E-state index contributed by atoms with van der Waals surface area (Å²) in [6, 6.07) is 8.94. The molecule has 2 aromatic rings. The van der Waals surface area contributed by atoms with Crippen molar-refractivity contribution in [1.82, 2.24) is 20.6 Å². The number of amides is 2. The number of nitrogens with one attached hydrogen (secondary N) is 2. The molecule has 2 aliphatic heterocycles. The van der Waals surface area contributed by atoms with Gasteiger partial charge in [-0.3, -0.25) is 14.6 Å². The fourth-order valence-corrected chi connectivity index (χ4v) is 6.83. The van der Waals surface area contributed by atoms with Gasteiger partial charge in [0.25, 0.3) is 5.91 Å². The van der Waals surface area contributed by atoms with E-state index in [9.17, 15) is 9.59 Å². The number of nitrogens with zero attached hydrogens (tertiary/aromatic N) is 3. The summed E-state index contributed by atoms with van der Waals surface area (Å²) in [4.78, 5) is 35.3. The molecule has 2 N–H and O–H groups in total. The van der Waals surface area contributed by atoms with Gasteiger partial charge in [-0.1, -0.05) is 83.7 Å². The van der Waals surface area contributed by atoms with Crippen LogP contribution in [0.2, 0.25) is 0 Å². The maximum absolute atomic E-state index is 14.1. The largest absolute Gasteiger partial charge is 0.508 e. The first kappa shape index (κ1) is 32.1. The first-order valence-corrected chi connectivity index (χ1v) is 15.9. The van der Waals surface area contributed by atoms with Gasteiger partial charge in [0.15, 0.2) is 0 Å². The van der Waals surface area contributed by atoms with E-state index in [0.29, 0.717) is 25.6 Å². The molecule has 2 atom stereocenters. The molecule has 0 aliphatic carbocycles. The second-order valence-electron chi connectivity index (χ2n) is 13.0. The fourth-order valence-electron chi connectivity index (χ4n) is 6.83. The summed E-state index contributed by atoms with van der Waals surface area (Å²) in [5.41, 5.74) is 1.13. The van der Waals surface area contributed by atoms with Gasteiger partial charge in [0, 0.05) is 31.3 Å². The van der Waals surface area contributed by atoms with Crippen LogP contribution in [-0.2, 0) is 20.5 Å². The molecule has 0 unspecified atom stereocenters. The normalized spacial score (nSPS) is 23.1. The summed E-state index contributed by atoms with van der Waals surface area (Å²) in [5, 5.41) is 6.28. The van der Waals surface area contributed by atoms with Crippen LogP contribution in [0, 0.1) is 11.8 Å². The predicted octanol–water partition coefficient (Wildman–Crippen LogP) is 4.31. The summed E-state index contributed by atoms with van der Waals surface area (Å²) >= 11 is 0. The third kappa shape index (κ3) is 7.96. The van der Waals surface area contributed by atoms with Crippen LogP contribution < -0.4 is 10.6 Å². The number of rotatable bonds is 16. The third-order valence-corrected chi connectivity index (χ3v) is 8.95. The Morgan fingerprint density at radius 3 is 2.29 bits per heavy atom. The maximum atomic E-state index is 14.1. The molecule has 1 aromatic carbocycles. The highest BCUT2D eigenvalue weighted by Crippen LogP contribution is 2.39. The highest BCUT2D eigenvalue weighted by Gasteiger charge is 2.63. The van der Waals surface area contributed by atoms with Gasteiger partial charge in [0.05, 0.1) is 32.5 Å². The molecule has 3 heterocycles. The fraction of sp³-hybridized carbons (Fsp3) is 0.625. The van der Waals surface area contributed by atoms with E-state index in [-0.39, 0.29) is 17.5 Å². The van der Waals surface area contributed by atoms with Crippen molar-refractivity contribution in [2.45, 2.75) is 84.6 Å². The van der Waals surface area contributed by atoms with Gasteiger partial charge in [-0.25, -0.2) is 4.98 Å². The lowest BCUT2D eigenvalue weighted by Crippen LogP contribution is -2.73. The lowest BCUT2D eigenvalue weighted by Gasteiger charge is -2.51. The lowest BCUT2D eigenvalue weighted by molar-refractivity contribution is -0.823. The van der Waals surface area contributed by atoms with Crippen LogP contribution in [0.1, 0.15) is 82.3 Å². The molecule has 42 heavy (non-hydrogen) atoms. The standard InChI is InChI=1S/C32H50BN5O4/c1-25(2)12-8-5-6-11-17-38-18-20-41-33(38,42-21-19-38)30(22-26(3)4)37-31(39)28(23-27-13-9-7-10-14-27)36-32(40)29-24-34-15-16-35-29/h7,9-10,13-16,24-26,28,30H,5-6,8,11-12,17-23H2,1-4H3,(H,36,40)(H,37,39)/t28-,30-,33?,38?/m0/s1. The summed E-state index contributed by atoms with van der Waals surface area (Å²) in [6.07, 6.45) is 11.6. The van der Waals surface area contributed by atoms with Crippen LogP contribution >= 0.6 is 0 Å². The van der Waals surface area contributed by atoms with E-state index in [1.165, 1.54) is 44.3 Å². The molecule has 0 saturated carbocycles. The lowest BCUT2D eigenvalue weighted by atomic mass is 9.57. The predicted molar refractivity (Wildman–Crippen MR) is 165 cm³/mol. The molecule has 10 heteroatoms. The molecule has 0 bridgehead atoms. The van der Waals surface area contributed by atoms with E-state index >= 15 is 0 Å². The quantitative estimate of drug-likeness (QED) is 0.227. The Bertz CT molecular complexity index is 1120. The maximum Gasteiger partial charge on any atom is 0.494 e. The van der Waals surface area contributed by atoms with Crippen LogP contribution in [-0.4, -0.2) is 77.7 Å². The van der Waals surface area contributed by atoms with Crippen molar-refractivity contribution in [3.05, 3.63) is 60.2 Å². The highest BCUT2D eigenvalue weighted by atomic mass is 16.6. The van der Waals surface area contributed by atoms with Crippen molar-refractivity contribution in [3.8, 4) is 0 Å². The Morgan fingerprint density at radius 1 is 0.929 bits per heavy atom. The Hall–Kier alpha value is -2.82. The number of quaternary nitrogens is 1. The number of benzene rings is 1. The molecule has 230 valence electrons. The van der Waals surface area contributed by atoms with Gasteiger partial charge in [-0.2, -0.15) is 0 Å². The average Bonchev–Trinajstić information content (AvgIpc) is 3.51. The van der Waals surface area contributed by atoms with Crippen molar-refractivity contribution in [1.29, 1.82) is 0 Å². The molecule has 4 rings (SSSR count). The minimum atomic E-state index is -1.79. The van der Waals surface area contributed by atoms with Crippen LogP contribution in [0.25, 0.3) is 0 Å². The smallest absolute Gasteiger partial charge is 0.494 e. The monoisotopic (exact) mass is 579 g/mol. The van der Waals surface area contributed by atoms with Crippen molar-refractivity contribution in [2.24, 2.45) is 11.8 Å². The van der Waals surface area contributed by atoms with E-state index < -0.39 is 18.6 Å². The van der Waals surface area contributed by atoms with Gasteiger partial charge in [-0.15, -0.1) is 0 Å². The molecule has 0 spiro atoms. The second-order valence-corrected chi connectivity index (χ2v) is 13.0. The molecule has 2 aliphatic rings. The van der Waals surface area contributed by atoms with Crippen LogP contribution in [0.5, 0.6) is 0 Å². The third-order valence-electron chi connectivity index (χ3n) is 8.95. The topological polar surface area (TPSA) is 102 Å². The summed E-state index contributed by atoms with van der Waals surface area (Å²) in [6.45, 7) is 11.2. The first-order valence-electron chi connectivity index (χ1n) is 15.9. The van der Waals surface area contributed by atoms with Crippen LogP contribution in [0.3, 0.4) is 0 Å². The van der Waals surface area contributed by atoms with Gasteiger partial charge >= 0.3 is 6.69 Å². The molecule has 2 fully saturated rings. The van der Waals surface area contributed by atoms with Gasteiger partial charge in [0.1, 0.15) is 11.7 Å². The summed E-state index contributed by atoms with van der Waals surface area (Å²) in [5.74, 6) is 0.101. The van der Waals surface area contributed by atoms with Gasteiger partial charge in [-0.05, 0) is 30.2 Å². The van der Waals surface area contributed by atoms with Crippen molar-refractivity contribution in [2.75, 3.05) is 32.8 Å². The van der Waals surface area contributed by atoms with Crippen LogP contribution in [0.15, 0.2) is 48.9 Å². The van der Waals surface area contributed by atoms with Crippen LogP contribution in [0.4, 0.5) is 0 Å². The Morgan fingerprint density at radius 2 is 1.64 bits per heavy atom. The molecule has 1 aromatic heterocycles. The Kier molecular flexibility index (Phi) is 11.5. The number of carbonyl (C=O) groups excluding carboxylic acids is 2. The van der Waals surface area contributed by atoms with Crippen molar-refractivity contribution in [3.63, 3.8) is 0 Å². The molecular formula is C32H50BN5O4. The minimum absolute atomic E-state index is 0.173. The minimum Gasteiger partial charge on any atom is -0.508 e. The number of fused-ring (bicyclic) bond motifs is 1. The number of aromatic nitrogens is 2. The SMILES string of the molecule is CC(C)CCCCCC[N+]12CCO[B-]1([C@H](CC(C)C)NC(=O)[C@H](Cc1ccccc1)NC(=O)c1cnccn1)OCC2. The van der Waals surface area contributed by atoms with E-state index in [1.54, 1.807) is 0 Å². The summed E-state index contributed by atoms with van der Waals surface area (Å²) < 4.78 is 14.0. The van der Waals surface area contributed by atoms with E-state index in [1.807, 2.05) is 30.3 Å². The molecule has 0 radical (unpaired) electrons. The number of hydrogen-bond acceptors (Lipinski definition) is 6. The Balaban J connectivity index is 1.52. The molecular weight excluding hydrogens is 529 g/mol. The average molecular weight is 580 g/mol. The number of carbonyl (C=O) groups is 2. The molecule has 2 amide bonds. The second kappa shape index (κ2) is 15.1. The zero-order valence-corrected chi connectivity index (χ0v) is 26.0. The molecule has 9 nitrogen and oxygen atoms in total. The Labute approximate surface area is 251 Å². The van der Waals surface area contributed by atoms with Gasteiger partial charge < -0.3 is 24.3 Å². The van der Waals surface area contributed by atoms with Crippen molar-refractivity contribution >= 4 is 18.5 Å². The summed E-state index contributed by atoms with van der Waals surface area (Å²) in [7, 11) is 0.